The number of carbonyl (C=O) groups is 1. The van der Waals surface area contributed by atoms with E-state index in [0.717, 1.165) is 35.5 Å². The Morgan fingerprint density at radius 3 is 2.68 bits per heavy atom. The summed E-state index contributed by atoms with van der Waals surface area (Å²) < 4.78 is 0. The molecule has 0 bridgehead atoms. The molecule has 5 heteroatoms. The lowest BCUT2D eigenvalue weighted by Crippen LogP contribution is -2.30. The van der Waals surface area contributed by atoms with Crippen LogP contribution in [-0.2, 0) is 11.2 Å². The van der Waals surface area contributed by atoms with Crippen molar-refractivity contribution in [2.24, 2.45) is 0 Å². The standard InChI is InChI=1S/C20H23N3OS/c1-25-14-13-18(20-22-16-9-5-6-10-17(16)23-20)21-19(24)12-11-15-7-3-2-4-8-15/h2-10,18H,11-14H2,1H3,(H,21,24)(H,22,23)/t18-/m0/s1. The third kappa shape index (κ3) is 4.86. The topological polar surface area (TPSA) is 57.8 Å². The normalized spacial score (nSPS) is 12.2. The molecule has 130 valence electrons. The van der Waals surface area contributed by atoms with Crippen LogP contribution in [0.25, 0.3) is 11.0 Å². The van der Waals surface area contributed by atoms with Crippen LogP contribution >= 0.6 is 11.8 Å². The Balaban J connectivity index is 1.66. The third-order valence-electron chi connectivity index (χ3n) is 4.17. The smallest absolute Gasteiger partial charge is 0.220 e. The molecule has 0 aliphatic heterocycles. The molecule has 1 amide bonds. The zero-order valence-electron chi connectivity index (χ0n) is 14.4. The van der Waals surface area contributed by atoms with Crippen LogP contribution in [-0.4, -0.2) is 27.9 Å². The van der Waals surface area contributed by atoms with Crippen LogP contribution in [0, 0.1) is 0 Å². The van der Waals surface area contributed by atoms with E-state index < -0.39 is 0 Å². The second-order valence-electron chi connectivity index (χ2n) is 6.03. The van der Waals surface area contributed by atoms with Crippen molar-refractivity contribution in [1.82, 2.24) is 15.3 Å². The molecular formula is C20H23N3OS. The number of nitrogens with zero attached hydrogens (tertiary/aromatic N) is 1. The lowest BCUT2D eigenvalue weighted by molar-refractivity contribution is -0.121. The van der Waals surface area contributed by atoms with Gasteiger partial charge < -0.3 is 10.3 Å². The molecule has 0 aliphatic carbocycles. The summed E-state index contributed by atoms with van der Waals surface area (Å²) in [7, 11) is 0. The number of benzene rings is 2. The van der Waals surface area contributed by atoms with Crippen LogP contribution in [0.5, 0.6) is 0 Å². The number of aromatic amines is 1. The molecule has 2 aromatic carbocycles. The highest BCUT2D eigenvalue weighted by Gasteiger charge is 2.18. The average Bonchev–Trinajstić information content (AvgIpc) is 3.08. The van der Waals surface area contributed by atoms with Gasteiger partial charge in [0.15, 0.2) is 0 Å². The van der Waals surface area contributed by atoms with Gasteiger partial charge in [-0.05, 0) is 42.5 Å². The zero-order valence-corrected chi connectivity index (χ0v) is 15.2. The van der Waals surface area contributed by atoms with Crippen molar-refractivity contribution in [1.29, 1.82) is 0 Å². The molecule has 0 aliphatic rings. The van der Waals surface area contributed by atoms with Gasteiger partial charge in [-0.25, -0.2) is 4.98 Å². The van der Waals surface area contributed by atoms with Crippen LogP contribution < -0.4 is 5.32 Å². The summed E-state index contributed by atoms with van der Waals surface area (Å²) in [6.45, 7) is 0. The number of hydrogen-bond donors (Lipinski definition) is 2. The van der Waals surface area contributed by atoms with E-state index in [1.54, 1.807) is 11.8 Å². The number of nitrogens with one attached hydrogen (secondary N) is 2. The first-order valence-electron chi connectivity index (χ1n) is 8.53. The summed E-state index contributed by atoms with van der Waals surface area (Å²) in [5.74, 6) is 1.87. The van der Waals surface area contributed by atoms with Crippen LogP contribution in [0.15, 0.2) is 54.6 Å². The Morgan fingerprint density at radius 1 is 1.16 bits per heavy atom. The second kappa shape index (κ2) is 8.72. The van der Waals surface area contributed by atoms with Gasteiger partial charge in [0.25, 0.3) is 0 Å². The number of rotatable bonds is 8. The van der Waals surface area contributed by atoms with E-state index in [9.17, 15) is 4.79 Å². The summed E-state index contributed by atoms with van der Waals surface area (Å²) in [6.07, 6.45) is 4.17. The Labute approximate surface area is 152 Å². The fourth-order valence-electron chi connectivity index (χ4n) is 2.82. The van der Waals surface area contributed by atoms with Gasteiger partial charge in [-0.3, -0.25) is 4.79 Å². The monoisotopic (exact) mass is 353 g/mol. The lowest BCUT2D eigenvalue weighted by atomic mass is 10.1. The Bertz CT molecular complexity index is 783. The predicted octanol–water partition coefficient (Wildman–Crippen LogP) is 4.11. The van der Waals surface area contributed by atoms with Gasteiger partial charge in [0, 0.05) is 6.42 Å². The molecule has 3 aromatic rings. The molecule has 1 atom stereocenters. The summed E-state index contributed by atoms with van der Waals surface area (Å²) >= 11 is 1.78. The summed E-state index contributed by atoms with van der Waals surface area (Å²) in [4.78, 5) is 20.4. The molecular weight excluding hydrogens is 330 g/mol. The van der Waals surface area contributed by atoms with E-state index in [4.69, 9.17) is 0 Å². The summed E-state index contributed by atoms with van der Waals surface area (Å²) in [6, 6.07) is 18.0. The highest BCUT2D eigenvalue weighted by Crippen LogP contribution is 2.20. The average molecular weight is 353 g/mol. The SMILES string of the molecule is CSCC[C@H](NC(=O)CCc1ccccc1)c1nc2ccccc2[nH]1. The number of imidazole rings is 1. The van der Waals surface area contributed by atoms with Gasteiger partial charge in [0.05, 0.1) is 17.1 Å². The fraction of sp³-hybridized carbons (Fsp3) is 0.300. The van der Waals surface area contributed by atoms with Gasteiger partial charge in [-0.15, -0.1) is 0 Å². The molecule has 0 unspecified atom stereocenters. The van der Waals surface area contributed by atoms with E-state index in [-0.39, 0.29) is 11.9 Å². The van der Waals surface area contributed by atoms with Crippen molar-refractivity contribution in [3.63, 3.8) is 0 Å². The first-order chi connectivity index (χ1) is 12.3. The Hall–Kier alpha value is -2.27. The number of para-hydroxylation sites is 2. The van der Waals surface area contributed by atoms with Crippen molar-refractivity contribution < 1.29 is 4.79 Å². The van der Waals surface area contributed by atoms with Gasteiger partial charge in [-0.2, -0.15) is 11.8 Å². The van der Waals surface area contributed by atoms with Gasteiger partial charge in [-0.1, -0.05) is 42.5 Å². The number of aromatic nitrogens is 2. The minimum Gasteiger partial charge on any atom is -0.346 e. The van der Waals surface area contributed by atoms with Gasteiger partial charge >= 0.3 is 0 Å². The first kappa shape index (κ1) is 17.5. The van der Waals surface area contributed by atoms with E-state index in [2.05, 4.69) is 33.7 Å². The van der Waals surface area contributed by atoms with Crippen molar-refractivity contribution in [2.45, 2.75) is 25.3 Å². The highest BCUT2D eigenvalue weighted by molar-refractivity contribution is 7.98. The predicted molar refractivity (Wildman–Crippen MR) is 105 cm³/mol. The van der Waals surface area contributed by atoms with Crippen LogP contribution in [0.4, 0.5) is 0 Å². The minimum absolute atomic E-state index is 0.0652. The van der Waals surface area contributed by atoms with Crippen LogP contribution in [0.3, 0.4) is 0 Å². The number of fused-ring (bicyclic) bond motifs is 1. The number of aryl methyl sites for hydroxylation is 1. The number of amides is 1. The van der Waals surface area contributed by atoms with E-state index in [0.29, 0.717) is 6.42 Å². The number of carbonyl (C=O) groups excluding carboxylic acids is 1. The highest BCUT2D eigenvalue weighted by atomic mass is 32.2. The molecule has 0 radical (unpaired) electrons. The maximum Gasteiger partial charge on any atom is 0.220 e. The Morgan fingerprint density at radius 2 is 1.92 bits per heavy atom. The largest absolute Gasteiger partial charge is 0.346 e. The maximum absolute atomic E-state index is 12.4. The van der Waals surface area contributed by atoms with E-state index >= 15 is 0 Å². The molecule has 3 rings (SSSR count). The second-order valence-corrected chi connectivity index (χ2v) is 7.01. The minimum atomic E-state index is -0.0804. The van der Waals surface area contributed by atoms with Crippen LogP contribution in [0.2, 0.25) is 0 Å². The van der Waals surface area contributed by atoms with Crippen LogP contribution in [0.1, 0.15) is 30.3 Å². The molecule has 2 N–H and O–H groups in total. The number of thioether (sulfide) groups is 1. The fourth-order valence-corrected chi connectivity index (χ4v) is 3.29. The van der Waals surface area contributed by atoms with Gasteiger partial charge in [0.2, 0.25) is 5.91 Å². The molecule has 0 saturated heterocycles. The summed E-state index contributed by atoms with van der Waals surface area (Å²) in [5.41, 5.74) is 3.12. The quantitative estimate of drug-likeness (QED) is 0.641. The Kier molecular flexibility index (Phi) is 6.12. The molecule has 0 spiro atoms. The van der Waals surface area contributed by atoms with Crippen molar-refractivity contribution in [3.8, 4) is 0 Å². The molecule has 0 fully saturated rings. The maximum atomic E-state index is 12.4. The molecule has 1 heterocycles. The van der Waals surface area contributed by atoms with E-state index in [1.165, 1.54) is 5.56 Å². The third-order valence-corrected chi connectivity index (χ3v) is 4.81. The van der Waals surface area contributed by atoms with Gasteiger partial charge in [0.1, 0.15) is 5.82 Å². The first-order valence-corrected chi connectivity index (χ1v) is 9.92. The molecule has 0 saturated carbocycles. The lowest BCUT2D eigenvalue weighted by Gasteiger charge is -2.16. The molecule has 1 aromatic heterocycles. The van der Waals surface area contributed by atoms with Crippen molar-refractivity contribution in [2.75, 3.05) is 12.0 Å². The molecule has 4 nitrogen and oxygen atoms in total. The molecule has 25 heavy (non-hydrogen) atoms. The number of hydrogen-bond acceptors (Lipinski definition) is 3. The van der Waals surface area contributed by atoms with Crippen molar-refractivity contribution >= 4 is 28.7 Å². The number of H-pyrrole nitrogens is 1. The summed E-state index contributed by atoms with van der Waals surface area (Å²) in [5, 5.41) is 3.15. The van der Waals surface area contributed by atoms with E-state index in [1.807, 2.05) is 42.5 Å². The van der Waals surface area contributed by atoms with Crippen molar-refractivity contribution in [3.05, 3.63) is 66.0 Å². The zero-order chi connectivity index (χ0) is 17.5.